The lowest BCUT2D eigenvalue weighted by molar-refractivity contribution is -0.121. The van der Waals surface area contributed by atoms with Gasteiger partial charge in [0, 0.05) is 13.0 Å². The summed E-state index contributed by atoms with van der Waals surface area (Å²) in [5.41, 5.74) is 5.02. The third-order valence-electron chi connectivity index (χ3n) is 3.21. The van der Waals surface area contributed by atoms with Gasteiger partial charge < -0.3 is 14.2 Å². The standard InChI is InChI=1S/C16H19N3O5/c1-10-9-12(11(2)24-10)15(21)19-18-14(20)6-3-7-17-16(22)13-5-4-8-23-13/h4-5,8-9H,3,6-7H2,1-2H3,(H,17,22)(H,18,20)(H,19,21). The van der Waals surface area contributed by atoms with Gasteiger partial charge in [0.05, 0.1) is 11.8 Å². The van der Waals surface area contributed by atoms with E-state index in [9.17, 15) is 14.4 Å². The lowest BCUT2D eigenvalue weighted by Gasteiger charge is -2.07. The second-order valence-electron chi connectivity index (χ2n) is 5.17. The molecule has 2 rings (SSSR count). The van der Waals surface area contributed by atoms with Crippen molar-refractivity contribution in [2.45, 2.75) is 26.7 Å². The highest BCUT2D eigenvalue weighted by molar-refractivity contribution is 5.96. The normalized spacial score (nSPS) is 10.2. The van der Waals surface area contributed by atoms with Crippen molar-refractivity contribution in [3.8, 4) is 0 Å². The number of hydrogen-bond donors (Lipinski definition) is 3. The molecule has 2 aromatic heterocycles. The molecule has 2 heterocycles. The van der Waals surface area contributed by atoms with Crippen LogP contribution in [0.3, 0.4) is 0 Å². The summed E-state index contributed by atoms with van der Waals surface area (Å²) in [6, 6.07) is 4.77. The second-order valence-corrected chi connectivity index (χ2v) is 5.17. The molecule has 0 bridgehead atoms. The molecule has 0 unspecified atom stereocenters. The molecule has 24 heavy (non-hydrogen) atoms. The molecule has 0 spiro atoms. The van der Waals surface area contributed by atoms with Gasteiger partial charge >= 0.3 is 0 Å². The topological polar surface area (TPSA) is 114 Å². The highest BCUT2D eigenvalue weighted by Crippen LogP contribution is 2.12. The number of carbonyl (C=O) groups excluding carboxylic acids is 3. The molecule has 0 radical (unpaired) electrons. The third-order valence-corrected chi connectivity index (χ3v) is 3.21. The Labute approximate surface area is 138 Å². The number of hydrogen-bond acceptors (Lipinski definition) is 5. The van der Waals surface area contributed by atoms with E-state index in [0.29, 0.717) is 30.0 Å². The van der Waals surface area contributed by atoms with Crippen molar-refractivity contribution in [2.24, 2.45) is 0 Å². The SMILES string of the molecule is Cc1cc(C(=O)NNC(=O)CCCNC(=O)c2ccco2)c(C)o1. The van der Waals surface area contributed by atoms with Gasteiger partial charge in [0.1, 0.15) is 11.5 Å². The fourth-order valence-electron chi connectivity index (χ4n) is 2.06. The van der Waals surface area contributed by atoms with Gasteiger partial charge in [-0.1, -0.05) is 0 Å². The van der Waals surface area contributed by atoms with Crippen LogP contribution in [0, 0.1) is 13.8 Å². The first-order chi connectivity index (χ1) is 11.5. The van der Waals surface area contributed by atoms with Crippen molar-refractivity contribution >= 4 is 17.7 Å². The predicted octanol–water partition coefficient (Wildman–Crippen LogP) is 1.46. The smallest absolute Gasteiger partial charge is 0.286 e. The highest BCUT2D eigenvalue weighted by Gasteiger charge is 2.14. The summed E-state index contributed by atoms with van der Waals surface area (Å²) in [4.78, 5) is 35.1. The summed E-state index contributed by atoms with van der Waals surface area (Å²) >= 11 is 0. The van der Waals surface area contributed by atoms with Gasteiger partial charge in [-0.2, -0.15) is 0 Å². The van der Waals surface area contributed by atoms with Gasteiger partial charge in [0.2, 0.25) is 5.91 Å². The van der Waals surface area contributed by atoms with Crippen LogP contribution in [-0.2, 0) is 4.79 Å². The van der Waals surface area contributed by atoms with E-state index in [2.05, 4.69) is 16.2 Å². The lowest BCUT2D eigenvalue weighted by Crippen LogP contribution is -2.41. The Bertz CT molecular complexity index is 718. The highest BCUT2D eigenvalue weighted by atomic mass is 16.3. The molecule has 0 fully saturated rings. The minimum absolute atomic E-state index is 0.155. The minimum Gasteiger partial charge on any atom is -0.466 e. The summed E-state index contributed by atoms with van der Waals surface area (Å²) in [5, 5.41) is 2.63. The van der Waals surface area contributed by atoms with Crippen LogP contribution in [0.5, 0.6) is 0 Å². The van der Waals surface area contributed by atoms with Crippen LogP contribution in [0.2, 0.25) is 0 Å². The van der Waals surface area contributed by atoms with Gasteiger partial charge in [-0.3, -0.25) is 25.2 Å². The van der Waals surface area contributed by atoms with E-state index in [1.165, 1.54) is 6.26 Å². The quantitative estimate of drug-likeness (QED) is 0.547. The van der Waals surface area contributed by atoms with Crippen LogP contribution >= 0.6 is 0 Å². The van der Waals surface area contributed by atoms with Gasteiger partial charge in [-0.25, -0.2) is 0 Å². The summed E-state index contributed by atoms with van der Waals surface area (Å²) in [6.07, 6.45) is 1.99. The van der Waals surface area contributed by atoms with Crippen molar-refractivity contribution in [2.75, 3.05) is 6.54 Å². The van der Waals surface area contributed by atoms with Gasteiger partial charge in [-0.15, -0.1) is 0 Å². The Balaban J connectivity index is 1.64. The van der Waals surface area contributed by atoms with Crippen LogP contribution in [0.15, 0.2) is 33.3 Å². The minimum atomic E-state index is -0.441. The molecule has 3 amide bonds. The van der Waals surface area contributed by atoms with E-state index < -0.39 is 5.91 Å². The average molecular weight is 333 g/mol. The van der Waals surface area contributed by atoms with Crippen molar-refractivity contribution in [3.63, 3.8) is 0 Å². The van der Waals surface area contributed by atoms with Gasteiger partial charge in [0.25, 0.3) is 11.8 Å². The Morgan fingerprint density at radius 2 is 1.92 bits per heavy atom. The fraction of sp³-hybridized carbons (Fsp3) is 0.312. The largest absolute Gasteiger partial charge is 0.466 e. The Hall–Kier alpha value is -3.03. The molecule has 0 saturated heterocycles. The van der Waals surface area contributed by atoms with E-state index in [0.717, 1.165) is 0 Å². The average Bonchev–Trinajstić information content (AvgIpc) is 3.18. The first-order valence-corrected chi connectivity index (χ1v) is 7.45. The maximum Gasteiger partial charge on any atom is 0.286 e. The molecule has 8 nitrogen and oxygen atoms in total. The number of rotatable bonds is 6. The van der Waals surface area contributed by atoms with Crippen molar-refractivity contribution in [3.05, 3.63) is 47.3 Å². The van der Waals surface area contributed by atoms with Crippen LogP contribution < -0.4 is 16.2 Å². The van der Waals surface area contributed by atoms with E-state index in [4.69, 9.17) is 8.83 Å². The fourth-order valence-corrected chi connectivity index (χ4v) is 2.06. The van der Waals surface area contributed by atoms with Crippen LogP contribution in [0.1, 0.15) is 45.3 Å². The Morgan fingerprint density at radius 1 is 1.12 bits per heavy atom. The van der Waals surface area contributed by atoms with E-state index in [1.54, 1.807) is 32.0 Å². The molecule has 0 aliphatic rings. The van der Waals surface area contributed by atoms with Crippen LogP contribution in [0.25, 0.3) is 0 Å². The van der Waals surface area contributed by atoms with Gasteiger partial charge in [0.15, 0.2) is 5.76 Å². The van der Waals surface area contributed by atoms with Crippen molar-refractivity contribution < 1.29 is 23.2 Å². The molecule has 0 aromatic carbocycles. The lowest BCUT2D eigenvalue weighted by atomic mass is 10.2. The molecular formula is C16H19N3O5. The monoisotopic (exact) mass is 333 g/mol. The molecule has 0 atom stereocenters. The zero-order valence-corrected chi connectivity index (χ0v) is 13.5. The zero-order chi connectivity index (χ0) is 17.5. The maximum atomic E-state index is 11.9. The maximum absolute atomic E-state index is 11.9. The molecule has 128 valence electrons. The van der Waals surface area contributed by atoms with Crippen molar-refractivity contribution in [1.82, 2.24) is 16.2 Å². The molecule has 2 aromatic rings. The van der Waals surface area contributed by atoms with Gasteiger partial charge in [-0.05, 0) is 38.5 Å². The van der Waals surface area contributed by atoms with Crippen molar-refractivity contribution in [1.29, 1.82) is 0 Å². The molecule has 0 saturated carbocycles. The summed E-state index contributed by atoms with van der Waals surface area (Å²) in [5.74, 6) is 0.199. The second kappa shape index (κ2) is 8.00. The molecule has 0 aliphatic carbocycles. The molecule has 3 N–H and O–H groups in total. The first-order valence-electron chi connectivity index (χ1n) is 7.45. The predicted molar refractivity (Wildman–Crippen MR) is 84.1 cm³/mol. The van der Waals surface area contributed by atoms with E-state index >= 15 is 0 Å². The first kappa shape index (κ1) is 17.3. The van der Waals surface area contributed by atoms with E-state index in [1.807, 2.05) is 0 Å². The Morgan fingerprint density at radius 3 is 2.54 bits per heavy atom. The summed E-state index contributed by atoms with van der Waals surface area (Å²) < 4.78 is 10.2. The molecule has 0 aliphatic heterocycles. The van der Waals surface area contributed by atoms with Crippen LogP contribution in [0.4, 0.5) is 0 Å². The number of amides is 3. The number of aryl methyl sites for hydroxylation is 2. The Kier molecular flexibility index (Phi) is 5.78. The number of carbonyl (C=O) groups is 3. The van der Waals surface area contributed by atoms with E-state index in [-0.39, 0.29) is 24.0 Å². The number of nitrogens with one attached hydrogen (secondary N) is 3. The summed E-state index contributed by atoms with van der Waals surface area (Å²) in [6.45, 7) is 3.73. The third kappa shape index (κ3) is 4.73. The molecular weight excluding hydrogens is 314 g/mol. The summed E-state index contributed by atoms with van der Waals surface area (Å²) in [7, 11) is 0. The molecule has 8 heteroatoms. The number of furan rings is 2. The zero-order valence-electron chi connectivity index (χ0n) is 13.5. The number of hydrazine groups is 1. The van der Waals surface area contributed by atoms with Crippen LogP contribution in [-0.4, -0.2) is 24.3 Å².